The van der Waals surface area contributed by atoms with Gasteiger partial charge in [0, 0.05) is 27.9 Å². The van der Waals surface area contributed by atoms with Crippen LogP contribution in [0.1, 0.15) is 0 Å². The summed E-state index contributed by atoms with van der Waals surface area (Å²) in [6.07, 6.45) is 0. The molecule has 0 saturated carbocycles. The predicted octanol–water partition coefficient (Wildman–Crippen LogP) is 15.5. The Labute approximate surface area is 341 Å². The molecular weight excluding hydrogens is 721 g/mol. The summed E-state index contributed by atoms with van der Waals surface area (Å²) in [5.74, 6) is 0.597. The van der Waals surface area contributed by atoms with E-state index in [1.165, 1.54) is 22.3 Å². The topological polar surface area (TPSA) is 42.4 Å². The summed E-state index contributed by atoms with van der Waals surface area (Å²) >= 11 is 0. The van der Waals surface area contributed by atoms with Gasteiger partial charge in [-0.1, -0.05) is 152 Å². The number of benzene rings is 9. The molecule has 0 aliphatic heterocycles. The van der Waals surface area contributed by atoms with Crippen molar-refractivity contribution < 1.29 is 8.83 Å². The second-order valence-electron chi connectivity index (χ2n) is 14.7. The lowest BCUT2D eigenvalue weighted by Gasteiger charge is -2.28. The number of fused-ring (bicyclic) bond motifs is 5. The molecule has 59 heavy (non-hydrogen) atoms. The zero-order valence-corrected chi connectivity index (χ0v) is 32.0. The Morgan fingerprint density at radius 1 is 0.356 bits per heavy atom. The molecule has 0 aliphatic carbocycles. The zero-order valence-electron chi connectivity index (χ0n) is 32.0. The summed E-state index contributed by atoms with van der Waals surface area (Å²) in [7, 11) is 0. The van der Waals surface area contributed by atoms with Gasteiger partial charge in [0.2, 0.25) is 5.89 Å². The first-order chi connectivity index (χ1) is 29.2. The van der Waals surface area contributed by atoms with Gasteiger partial charge in [0.1, 0.15) is 16.7 Å². The monoisotopic (exact) mass is 756 g/mol. The minimum atomic E-state index is 0.597. The van der Waals surface area contributed by atoms with Crippen LogP contribution >= 0.6 is 0 Å². The molecule has 4 heteroatoms. The Balaban J connectivity index is 0.971. The van der Waals surface area contributed by atoms with Crippen molar-refractivity contribution in [1.29, 1.82) is 0 Å². The van der Waals surface area contributed by atoms with E-state index in [0.717, 1.165) is 77.9 Å². The molecule has 0 saturated heterocycles. The second-order valence-corrected chi connectivity index (χ2v) is 14.7. The fourth-order valence-corrected chi connectivity index (χ4v) is 8.18. The molecular formula is C55H36N2O2. The van der Waals surface area contributed by atoms with Crippen molar-refractivity contribution in [2.24, 2.45) is 0 Å². The van der Waals surface area contributed by atoms with Gasteiger partial charge in [-0.15, -0.1) is 0 Å². The lowest BCUT2D eigenvalue weighted by atomic mass is 9.99. The summed E-state index contributed by atoms with van der Waals surface area (Å²) < 4.78 is 12.8. The van der Waals surface area contributed by atoms with Crippen LogP contribution in [0.25, 0.3) is 89.0 Å². The van der Waals surface area contributed by atoms with Gasteiger partial charge in [-0.3, -0.25) is 0 Å². The SMILES string of the molecule is c1ccc(-c2ccc(-c3ccc(N(c4ccc(-c5ccc6oc7ccc8nc(-c9ccccc9)oc8c7c6c5)cc4)c4ccccc4-c4ccccc4)cc3)cc2)cc1. The van der Waals surface area contributed by atoms with Crippen molar-refractivity contribution in [2.75, 3.05) is 4.90 Å². The molecule has 2 aromatic heterocycles. The summed E-state index contributed by atoms with van der Waals surface area (Å²) in [6.45, 7) is 0. The first kappa shape index (κ1) is 34.3. The van der Waals surface area contributed by atoms with Crippen LogP contribution in [0.4, 0.5) is 17.1 Å². The van der Waals surface area contributed by atoms with Gasteiger partial charge in [0.25, 0.3) is 0 Å². The number of anilines is 3. The average Bonchev–Trinajstić information content (AvgIpc) is 3.92. The molecule has 9 aromatic carbocycles. The van der Waals surface area contributed by atoms with E-state index < -0.39 is 0 Å². The number of hydrogen-bond acceptors (Lipinski definition) is 4. The van der Waals surface area contributed by atoms with Crippen LogP contribution in [0.2, 0.25) is 0 Å². The Kier molecular flexibility index (Phi) is 8.45. The normalized spacial score (nSPS) is 11.4. The number of oxazole rings is 1. The van der Waals surface area contributed by atoms with Gasteiger partial charge in [-0.05, 0) is 106 Å². The summed E-state index contributed by atoms with van der Waals surface area (Å²) in [5.41, 5.74) is 16.6. The fraction of sp³-hybridized carbons (Fsp3) is 0. The summed E-state index contributed by atoms with van der Waals surface area (Å²) in [4.78, 5) is 7.18. The highest BCUT2D eigenvalue weighted by atomic mass is 16.4. The Hall–Kier alpha value is -7.95. The third kappa shape index (κ3) is 6.34. The number of nitrogens with zero attached hydrogens (tertiary/aromatic N) is 2. The van der Waals surface area contributed by atoms with Crippen LogP contribution in [0, 0.1) is 0 Å². The molecule has 0 N–H and O–H groups in total. The van der Waals surface area contributed by atoms with E-state index >= 15 is 0 Å². The van der Waals surface area contributed by atoms with Gasteiger partial charge in [-0.25, -0.2) is 4.98 Å². The van der Waals surface area contributed by atoms with Crippen molar-refractivity contribution in [1.82, 2.24) is 4.98 Å². The number of para-hydroxylation sites is 1. The van der Waals surface area contributed by atoms with E-state index in [-0.39, 0.29) is 0 Å². The van der Waals surface area contributed by atoms with Gasteiger partial charge in [-0.2, -0.15) is 0 Å². The van der Waals surface area contributed by atoms with E-state index in [1.807, 2.05) is 42.5 Å². The molecule has 0 amide bonds. The molecule has 0 bridgehead atoms. The first-order valence-electron chi connectivity index (χ1n) is 19.9. The number of aromatic nitrogens is 1. The average molecular weight is 757 g/mol. The highest BCUT2D eigenvalue weighted by Gasteiger charge is 2.20. The Morgan fingerprint density at radius 3 is 1.46 bits per heavy atom. The van der Waals surface area contributed by atoms with Crippen LogP contribution in [-0.4, -0.2) is 4.98 Å². The maximum absolute atomic E-state index is 6.42. The van der Waals surface area contributed by atoms with Gasteiger partial charge >= 0.3 is 0 Å². The van der Waals surface area contributed by atoms with E-state index in [1.54, 1.807) is 0 Å². The molecule has 278 valence electrons. The third-order valence-corrected chi connectivity index (χ3v) is 11.1. The van der Waals surface area contributed by atoms with Crippen molar-refractivity contribution >= 4 is 50.1 Å². The minimum Gasteiger partial charge on any atom is -0.456 e. The Bertz CT molecular complexity index is 3220. The fourth-order valence-electron chi connectivity index (χ4n) is 8.18. The quantitative estimate of drug-likeness (QED) is 0.155. The number of rotatable bonds is 8. The highest BCUT2D eigenvalue weighted by molar-refractivity contribution is 6.17. The van der Waals surface area contributed by atoms with E-state index in [9.17, 15) is 0 Å². The van der Waals surface area contributed by atoms with Gasteiger partial charge in [0.15, 0.2) is 5.58 Å². The molecule has 0 radical (unpaired) electrons. The molecule has 11 aromatic rings. The lowest BCUT2D eigenvalue weighted by Crippen LogP contribution is -2.11. The standard InChI is InChI=1S/C55H36N2O2/c1-4-12-37(13-5-1)38-20-22-39(23-21-38)40-24-29-45(30-25-40)57(50-19-11-10-18-47(50)42-14-6-2-7-15-42)46-31-26-41(27-32-46)44-28-34-51-48(36-44)53-52(58-51)35-33-49-54(53)59-55(56-49)43-16-8-3-9-17-43/h1-36H. The zero-order chi connectivity index (χ0) is 39.1. The number of hydrogen-bond donors (Lipinski definition) is 0. The van der Waals surface area contributed by atoms with Crippen LogP contribution in [-0.2, 0) is 0 Å². The lowest BCUT2D eigenvalue weighted by molar-refractivity contribution is 0.622. The molecule has 0 atom stereocenters. The Morgan fingerprint density at radius 2 is 0.831 bits per heavy atom. The van der Waals surface area contributed by atoms with Crippen molar-refractivity contribution in [3.05, 3.63) is 218 Å². The maximum Gasteiger partial charge on any atom is 0.227 e. The van der Waals surface area contributed by atoms with Gasteiger partial charge < -0.3 is 13.7 Å². The van der Waals surface area contributed by atoms with Crippen LogP contribution in [0.5, 0.6) is 0 Å². The van der Waals surface area contributed by atoms with E-state index in [0.29, 0.717) is 5.89 Å². The van der Waals surface area contributed by atoms with Crippen molar-refractivity contribution in [2.45, 2.75) is 0 Å². The van der Waals surface area contributed by atoms with Crippen molar-refractivity contribution in [3.63, 3.8) is 0 Å². The molecule has 0 spiro atoms. The molecule has 11 rings (SSSR count). The maximum atomic E-state index is 6.42. The van der Waals surface area contributed by atoms with E-state index in [2.05, 4.69) is 181 Å². The smallest absolute Gasteiger partial charge is 0.227 e. The molecule has 0 fully saturated rings. The summed E-state index contributed by atoms with van der Waals surface area (Å²) in [5, 5.41) is 1.93. The van der Waals surface area contributed by atoms with Crippen LogP contribution in [0.15, 0.2) is 227 Å². The minimum absolute atomic E-state index is 0.597. The molecule has 0 unspecified atom stereocenters. The van der Waals surface area contributed by atoms with E-state index in [4.69, 9.17) is 13.8 Å². The first-order valence-corrected chi connectivity index (χ1v) is 19.9. The molecule has 4 nitrogen and oxygen atoms in total. The molecule has 2 heterocycles. The number of furan rings is 1. The van der Waals surface area contributed by atoms with Gasteiger partial charge in [0.05, 0.1) is 11.1 Å². The predicted molar refractivity (Wildman–Crippen MR) is 243 cm³/mol. The highest BCUT2D eigenvalue weighted by Crippen LogP contribution is 2.43. The second kappa shape index (κ2) is 14.5. The summed E-state index contributed by atoms with van der Waals surface area (Å²) in [6, 6.07) is 76.6. The molecule has 0 aliphatic rings. The van der Waals surface area contributed by atoms with Crippen molar-refractivity contribution in [3.8, 4) is 56.0 Å². The largest absolute Gasteiger partial charge is 0.456 e. The van der Waals surface area contributed by atoms with Crippen LogP contribution in [0.3, 0.4) is 0 Å². The van der Waals surface area contributed by atoms with Crippen LogP contribution < -0.4 is 4.90 Å². The third-order valence-electron chi connectivity index (χ3n) is 11.1.